The lowest BCUT2D eigenvalue weighted by Crippen LogP contribution is -2.19. The average Bonchev–Trinajstić information content (AvgIpc) is 2.17. The molecule has 5 heteroatoms. The van der Waals surface area contributed by atoms with Gasteiger partial charge in [0.1, 0.15) is 0 Å². The lowest BCUT2D eigenvalue weighted by molar-refractivity contribution is -0.137. The second-order valence-electron chi connectivity index (χ2n) is 3.25. The molecular formula is C10H13F3N2. The molecule has 1 aromatic heterocycles. The minimum atomic E-state index is -4.31. The highest BCUT2D eigenvalue weighted by molar-refractivity contribution is 5.18. The molecule has 0 aliphatic heterocycles. The maximum Gasteiger partial charge on any atom is 0.417 e. The summed E-state index contributed by atoms with van der Waals surface area (Å²) in [5, 5.41) is 3.08. The lowest BCUT2D eigenvalue weighted by atomic mass is 10.2. The summed E-state index contributed by atoms with van der Waals surface area (Å²) in [5.41, 5.74) is -0.0974. The molecule has 84 valence electrons. The molecule has 15 heavy (non-hydrogen) atoms. The maximum atomic E-state index is 12.2. The van der Waals surface area contributed by atoms with E-state index in [4.69, 9.17) is 0 Å². The average molecular weight is 218 g/mol. The van der Waals surface area contributed by atoms with E-state index in [2.05, 4.69) is 10.3 Å². The fourth-order valence-corrected chi connectivity index (χ4v) is 1.24. The SMILES string of the molecule is CCN[C@@H](C)c1ccc(C(F)(F)F)cn1. The van der Waals surface area contributed by atoms with Gasteiger partial charge in [0.2, 0.25) is 0 Å². The van der Waals surface area contributed by atoms with Crippen molar-refractivity contribution in [2.75, 3.05) is 6.54 Å². The van der Waals surface area contributed by atoms with Crippen LogP contribution in [0.4, 0.5) is 13.2 Å². The topological polar surface area (TPSA) is 24.9 Å². The molecule has 0 amide bonds. The van der Waals surface area contributed by atoms with Gasteiger partial charge >= 0.3 is 6.18 Å². The van der Waals surface area contributed by atoms with Crippen molar-refractivity contribution in [1.29, 1.82) is 0 Å². The molecule has 1 rings (SSSR count). The van der Waals surface area contributed by atoms with Crippen LogP contribution in [0.2, 0.25) is 0 Å². The molecule has 0 aliphatic rings. The number of aromatic nitrogens is 1. The number of hydrogen-bond donors (Lipinski definition) is 1. The van der Waals surface area contributed by atoms with Crippen LogP contribution in [0.3, 0.4) is 0 Å². The van der Waals surface area contributed by atoms with Gasteiger partial charge in [0.05, 0.1) is 11.3 Å². The molecule has 0 unspecified atom stereocenters. The molecule has 0 saturated heterocycles. The Hall–Kier alpha value is -1.10. The third kappa shape index (κ3) is 3.20. The molecule has 1 N–H and O–H groups in total. The Morgan fingerprint density at radius 1 is 1.40 bits per heavy atom. The van der Waals surface area contributed by atoms with Crippen molar-refractivity contribution in [3.05, 3.63) is 29.6 Å². The van der Waals surface area contributed by atoms with E-state index in [9.17, 15) is 13.2 Å². The Kier molecular flexibility index (Phi) is 3.68. The summed E-state index contributed by atoms with van der Waals surface area (Å²) in [6, 6.07) is 2.42. The normalized spacial score (nSPS) is 13.9. The Morgan fingerprint density at radius 2 is 2.07 bits per heavy atom. The van der Waals surface area contributed by atoms with Crippen molar-refractivity contribution in [2.45, 2.75) is 26.1 Å². The number of halogens is 3. The van der Waals surface area contributed by atoms with Crippen molar-refractivity contribution in [2.24, 2.45) is 0 Å². The monoisotopic (exact) mass is 218 g/mol. The zero-order valence-corrected chi connectivity index (χ0v) is 8.60. The van der Waals surface area contributed by atoms with Crippen LogP contribution in [0.1, 0.15) is 31.1 Å². The number of nitrogens with one attached hydrogen (secondary N) is 1. The van der Waals surface area contributed by atoms with Crippen LogP contribution >= 0.6 is 0 Å². The standard InChI is InChI=1S/C10H13F3N2/c1-3-14-7(2)9-5-4-8(6-15-9)10(11,12)13/h4-7,14H,3H2,1-2H3/t7-/m0/s1. The van der Waals surface area contributed by atoms with Crippen molar-refractivity contribution in [3.8, 4) is 0 Å². The van der Waals surface area contributed by atoms with Gasteiger partial charge in [-0.1, -0.05) is 6.92 Å². The summed E-state index contributed by atoms with van der Waals surface area (Å²) < 4.78 is 36.6. The first-order valence-corrected chi connectivity index (χ1v) is 4.71. The summed E-state index contributed by atoms with van der Waals surface area (Å²) in [5.74, 6) is 0. The van der Waals surface area contributed by atoms with Crippen LogP contribution in [0.5, 0.6) is 0 Å². The van der Waals surface area contributed by atoms with E-state index in [1.54, 1.807) is 0 Å². The smallest absolute Gasteiger partial charge is 0.309 e. The van der Waals surface area contributed by atoms with E-state index in [0.717, 1.165) is 18.8 Å². The van der Waals surface area contributed by atoms with Crippen LogP contribution in [0, 0.1) is 0 Å². The largest absolute Gasteiger partial charge is 0.417 e. The van der Waals surface area contributed by atoms with Crippen molar-refractivity contribution in [1.82, 2.24) is 10.3 Å². The molecule has 0 saturated carbocycles. The predicted molar refractivity (Wildman–Crippen MR) is 51.3 cm³/mol. The highest BCUT2D eigenvalue weighted by atomic mass is 19.4. The van der Waals surface area contributed by atoms with Gasteiger partial charge < -0.3 is 5.32 Å². The zero-order chi connectivity index (χ0) is 11.5. The highest BCUT2D eigenvalue weighted by Gasteiger charge is 2.30. The second-order valence-corrected chi connectivity index (χ2v) is 3.25. The third-order valence-electron chi connectivity index (χ3n) is 2.07. The Bertz CT molecular complexity index is 305. The Labute approximate surface area is 86.5 Å². The maximum absolute atomic E-state index is 12.2. The van der Waals surface area contributed by atoms with Gasteiger partial charge in [-0.3, -0.25) is 4.98 Å². The Morgan fingerprint density at radius 3 is 2.47 bits per heavy atom. The van der Waals surface area contributed by atoms with Crippen molar-refractivity contribution >= 4 is 0 Å². The molecule has 0 bridgehead atoms. The van der Waals surface area contributed by atoms with Gasteiger partial charge in [0.25, 0.3) is 0 Å². The minimum Gasteiger partial charge on any atom is -0.309 e. The van der Waals surface area contributed by atoms with Gasteiger partial charge in [-0.15, -0.1) is 0 Å². The molecule has 2 nitrogen and oxygen atoms in total. The van der Waals surface area contributed by atoms with Gasteiger partial charge in [0.15, 0.2) is 0 Å². The predicted octanol–water partition coefficient (Wildman–Crippen LogP) is 2.77. The van der Waals surface area contributed by atoms with Crippen LogP contribution in [-0.2, 0) is 6.18 Å². The van der Waals surface area contributed by atoms with E-state index in [1.807, 2.05) is 13.8 Å². The molecule has 1 aromatic rings. The molecule has 1 atom stereocenters. The van der Waals surface area contributed by atoms with Crippen LogP contribution in [0.15, 0.2) is 18.3 Å². The van der Waals surface area contributed by atoms with Gasteiger partial charge in [-0.2, -0.15) is 13.2 Å². The second kappa shape index (κ2) is 4.61. The molecular weight excluding hydrogens is 205 g/mol. The first kappa shape index (κ1) is 12.0. The highest BCUT2D eigenvalue weighted by Crippen LogP contribution is 2.28. The zero-order valence-electron chi connectivity index (χ0n) is 8.60. The molecule has 0 fully saturated rings. The van der Waals surface area contributed by atoms with Crippen molar-refractivity contribution in [3.63, 3.8) is 0 Å². The van der Waals surface area contributed by atoms with E-state index < -0.39 is 11.7 Å². The number of pyridine rings is 1. The molecule has 0 aromatic carbocycles. The van der Waals surface area contributed by atoms with Gasteiger partial charge in [0, 0.05) is 12.2 Å². The molecule has 0 radical (unpaired) electrons. The van der Waals surface area contributed by atoms with E-state index in [0.29, 0.717) is 5.69 Å². The van der Waals surface area contributed by atoms with Crippen LogP contribution in [0.25, 0.3) is 0 Å². The number of rotatable bonds is 3. The summed E-state index contributed by atoms with van der Waals surface area (Å²) in [6.45, 7) is 4.55. The van der Waals surface area contributed by atoms with Gasteiger partial charge in [-0.05, 0) is 25.6 Å². The first-order valence-electron chi connectivity index (χ1n) is 4.71. The summed E-state index contributed by atoms with van der Waals surface area (Å²) >= 11 is 0. The molecule has 1 heterocycles. The van der Waals surface area contributed by atoms with E-state index in [1.165, 1.54) is 6.07 Å². The fraction of sp³-hybridized carbons (Fsp3) is 0.500. The molecule has 0 spiro atoms. The third-order valence-corrected chi connectivity index (χ3v) is 2.07. The molecule has 0 aliphatic carbocycles. The van der Waals surface area contributed by atoms with Crippen LogP contribution < -0.4 is 5.32 Å². The van der Waals surface area contributed by atoms with Crippen molar-refractivity contribution < 1.29 is 13.2 Å². The fourth-order valence-electron chi connectivity index (χ4n) is 1.24. The minimum absolute atomic E-state index is 0.0303. The summed E-state index contributed by atoms with van der Waals surface area (Å²) in [6.07, 6.45) is -3.45. The van der Waals surface area contributed by atoms with Crippen LogP contribution in [-0.4, -0.2) is 11.5 Å². The van der Waals surface area contributed by atoms with Gasteiger partial charge in [-0.25, -0.2) is 0 Å². The van der Waals surface area contributed by atoms with E-state index >= 15 is 0 Å². The quantitative estimate of drug-likeness (QED) is 0.843. The number of nitrogens with zero attached hydrogens (tertiary/aromatic N) is 1. The first-order chi connectivity index (χ1) is 6.95. The number of hydrogen-bond acceptors (Lipinski definition) is 2. The summed E-state index contributed by atoms with van der Waals surface area (Å²) in [4.78, 5) is 3.78. The number of alkyl halides is 3. The Balaban J connectivity index is 2.81. The lowest BCUT2D eigenvalue weighted by Gasteiger charge is -2.12. The van der Waals surface area contributed by atoms with E-state index in [-0.39, 0.29) is 6.04 Å². The summed E-state index contributed by atoms with van der Waals surface area (Å²) in [7, 11) is 0.